The maximum absolute atomic E-state index is 14.0. The second kappa shape index (κ2) is 7.63. The third kappa shape index (κ3) is 4.27. The van der Waals surface area contributed by atoms with Crippen LogP contribution in [0.2, 0.25) is 0 Å². The zero-order valence-corrected chi connectivity index (χ0v) is 15.4. The van der Waals surface area contributed by atoms with Gasteiger partial charge in [-0.2, -0.15) is 5.10 Å². The maximum atomic E-state index is 14.0. The van der Waals surface area contributed by atoms with E-state index in [9.17, 15) is 27.5 Å². The number of alkyl halides is 2. The van der Waals surface area contributed by atoms with E-state index in [1.54, 1.807) is 0 Å². The standard InChI is InChI=1S/C21H12F4N2O4/c22-13-3-4-14(16(23)9-13)12-2-5-17(28)15(8-12)20(29)27-26-10-11-1-6-18-19(7-11)31-21(24,25)30-18/h1-10,28H,(H,27,29)/b26-10+. The molecule has 1 aliphatic heterocycles. The maximum Gasteiger partial charge on any atom is 0.586 e. The Balaban J connectivity index is 1.50. The minimum absolute atomic E-state index is 0.0381. The van der Waals surface area contributed by atoms with Crippen molar-refractivity contribution in [1.29, 1.82) is 0 Å². The van der Waals surface area contributed by atoms with E-state index in [1.807, 2.05) is 0 Å². The summed E-state index contributed by atoms with van der Waals surface area (Å²) < 4.78 is 61.8. The molecule has 0 aliphatic carbocycles. The van der Waals surface area contributed by atoms with Crippen molar-refractivity contribution in [3.05, 3.63) is 77.4 Å². The molecule has 6 nitrogen and oxygen atoms in total. The summed E-state index contributed by atoms with van der Waals surface area (Å²) >= 11 is 0. The highest BCUT2D eigenvalue weighted by Crippen LogP contribution is 2.41. The Kier molecular flexibility index (Phi) is 4.97. The van der Waals surface area contributed by atoms with Crippen LogP contribution in [0.5, 0.6) is 17.2 Å². The molecule has 0 aromatic heterocycles. The lowest BCUT2D eigenvalue weighted by Gasteiger charge is -2.08. The van der Waals surface area contributed by atoms with Gasteiger partial charge < -0.3 is 14.6 Å². The van der Waals surface area contributed by atoms with Gasteiger partial charge in [0.25, 0.3) is 5.91 Å². The third-order valence-corrected chi connectivity index (χ3v) is 4.29. The number of hydrogen-bond donors (Lipinski definition) is 2. The molecular weight excluding hydrogens is 420 g/mol. The predicted octanol–water partition coefficient (Wildman–Crippen LogP) is 4.42. The van der Waals surface area contributed by atoms with Gasteiger partial charge in [-0.05, 0) is 53.6 Å². The fourth-order valence-corrected chi connectivity index (χ4v) is 2.88. The Bertz CT molecular complexity index is 1210. The molecule has 0 saturated heterocycles. The average molecular weight is 432 g/mol. The van der Waals surface area contributed by atoms with E-state index in [-0.39, 0.29) is 33.9 Å². The van der Waals surface area contributed by atoms with Crippen LogP contribution in [0.4, 0.5) is 17.6 Å². The van der Waals surface area contributed by atoms with Crippen LogP contribution < -0.4 is 14.9 Å². The van der Waals surface area contributed by atoms with Gasteiger partial charge in [-0.1, -0.05) is 6.07 Å². The van der Waals surface area contributed by atoms with Crippen LogP contribution in [-0.4, -0.2) is 23.5 Å². The summed E-state index contributed by atoms with van der Waals surface area (Å²) in [7, 11) is 0. The lowest BCUT2D eigenvalue weighted by atomic mass is 10.0. The van der Waals surface area contributed by atoms with Gasteiger partial charge >= 0.3 is 6.29 Å². The molecule has 4 rings (SSSR count). The molecule has 3 aromatic rings. The Hall–Kier alpha value is -4.08. The van der Waals surface area contributed by atoms with E-state index >= 15 is 0 Å². The number of halogens is 4. The van der Waals surface area contributed by atoms with Crippen molar-refractivity contribution in [2.24, 2.45) is 5.10 Å². The zero-order chi connectivity index (χ0) is 22.2. The molecule has 2 N–H and O–H groups in total. The number of carbonyl (C=O) groups excluding carboxylic acids is 1. The van der Waals surface area contributed by atoms with E-state index < -0.39 is 23.8 Å². The highest BCUT2D eigenvalue weighted by Gasteiger charge is 2.43. The van der Waals surface area contributed by atoms with Crippen molar-refractivity contribution < 1.29 is 36.9 Å². The number of benzene rings is 3. The fourth-order valence-electron chi connectivity index (χ4n) is 2.88. The monoisotopic (exact) mass is 432 g/mol. The molecule has 0 bridgehead atoms. The van der Waals surface area contributed by atoms with Gasteiger partial charge in [0.2, 0.25) is 0 Å². The predicted molar refractivity (Wildman–Crippen MR) is 101 cm³/mol. The first kappa shape index (κ1) is 20.2. The number of nitrogens with zero attached hydrogens (tertiary/aromatic N) is 1. The molecule has 158 valence electrons. The van der Waals surface area contributed by atoms with Gasteiger partial charge in [-0.3, -0.25) is 4.79 Å². The highest BCUT2D eigenvalue weighted by atomic mass is 19.3. The first-order valence-electron chi connectivity index (χ1n) is 8.73. The SMILES string of the molecule is O=C(N/N=C/c1ccc2c(c1)OC(F)(F)O2)c1cc(-c2ccc(F)cc2F)ccc1O. The number of rotatable bonds is 4. The molecule has 0 spiro atoms. The first-order valence-corrected chi connectivity index (χ1v) is 8.73. The van der Waals surface area contributed by atoms with Crippen LogP contribution in [0.15, 0.2) is 59.7 Å². The Morgan fingerprint density at radius 2 is 1.77 bits per heavy atom. The molecule has 31 heavy (non-hydrogen) atoms. The molecule has 3 aromatic carbocycles. The first-order chi connectivity index (χ1) is 14.7. The molecule has 10 heteroatoms. The van der Waals surface area contributed by atoms with Crippen LogP contribution in [0.3, 0.4) is 0 Å². The summed E-state index contributed by atoms with van der Waals surface area (Å²) in [6.45, 7) is 0. The minimum Gasteiger partial charge on any atom is -0.507 e. The second-order valence-electron chi connectivity index (χ2n) is 6.43. The zero-order valence-electron chi connectivity index (χ0n) is 15.4. The summed E-state index contributed by atoms with van der Waals surface area (Å²) in [6, 6.07) is 10.7. The molecule has 0 unspecified atom stereocenters. The Morgan fingerprint density at radius 3 is 2.55 bits per heavy atom. The van der Waals surface area contributed by atoms with Crippen molar-refractivity contribution in [2.75, 3.05) is 0 Å². The summed E-state index contributed by atoms with van der Waals surface area (Å²) in [4.78, 5) is 12.4. The fraction of sp³-hybridized carbons (Fsp3) is 0.0476. The lowest BCUT2D eigenvalue weighted by Crippen LogP contribution is -2.25. The van der Waals surface area contributed by atoms with Crippen LogP contribution in [-0.2, 0) is 0 Å². The van der Waals surface area contributed by atoms with Crippen LogP contribution in [0, 0.1) is 11.6 Å². The molecule has 1 amide bonds. The number of aromatic hydroxyl groups is 1. The minimum atomic E-state index is -3.75. The molecule has 1 aliphatic rings. The van der Waals surface area contributed by atoms with E-state index in [2.05, 4.69) is 20.0 Å². The van der Waals surface area contributed by atoms with Crippen LogP contribution in [0.25, 0.3) is 11.1 Å². The highest BCUT2D eigenvalue weighted by molar-refractivity contribution is 5.98. The van der Waals surface area contributed by atoms with E-state index in [0.717, 1.165) is 6.07 Å². The van der Waals surface area contributed by atoms with Gasteiger partial charge in [0.1, 0.15) is 17.4 Å². The smallest absolute Gasteiger partial charge is 0.507 e. The lowest BCUT2D eigenvalue weighted by molar-refractivity contribution is -0.286. The molecule has 0 fully saturated rings. The van der Waals surface area contributed by atoms with Gasteiger partial charge in [0, 0.05) is 11.6 Å². The number of carbonyl (C=O) groups is 1. The topological polar surface area (TPSA) is 80.2 Å². The average Bonchev–Trinajstić information content (AvgIpc) is 3.01. The second-order valence-corrected chi connectivity index (χ2v) is 6.43. The van der Waals surface area contributed by atoms with E-state index in [1.165, 1.54) is 48.7 Å². The van der Waals surface area contributed by atoms with Crippen molar-refractivity contribution in [3.63, 3.8) is 0 Å². The molecule has 1 heterocycles. The number of fused-ring (bicyclic) bond motifs is 1. The Morgan fingerprint density at radius 1 is 1.00 bits per heavy atom. The molecule has 0 atom stereocenters. The molecule has 0 saturated carbocycles. The molecular formula is C21H12F4N2O4. The van der Waals surface area contributed by atoms with Gasteiger partial charge in [-0.25, -0.2) is 14.2 Å². The van der Waals surface area contributed by atoms with Gasteiger partial charge in [-0.15, -0.1) is 8.78 Å². The Labute approximate surface area is 172 Å². The van der Waals surface area contributed by atoms with Crippen LogP contribution >= 0.6 is 0 Å². The number of hydrazone groups is 1. The molecule has 0 radical (unpaired) electrons. The van der Waals surface area contributed by atoms with Gasteiger partial charge in [0.15, 0.2) is 11.5 Å². The van der Waals surface area contributed by atoms with E-state index in [0.29, 0.717) is 11.6 Å². The van der Waals surface area contributed by atoms with Crippen molar-refractivity contribution in [3.8, 4) is 28.4 Å². The summed E-state index contributed by atoms with van der Waals surface area (Å²) in [5.41, 5.74) is 2.57. The quantitative estimate of drug-likeness (QED) is 0.363. The van der Waals surface area contributed by atoms with Gasteiger partial charge in [0.05, 0.1) is 11.8 Å². The van der Waals surface area contributed by atoms with E-state index in [4.69, 9.17) is 0 Å². The largest absolute Gasteiger partial charge is 0.586 e. The number of ether oxygens (including phenoxy) is 2. The summed E-state index contributed by atoms with van der Waals surface area (Å²) in [6.07, 6.45) is -2.59. The van der Waals surface area contributed by atoms with Crippen LogP contribution in [0.1, 0.15) is 15.9 Å². The third-order valence-electron chi connectivity index (χ3n) is 4.29. The van der Waals surface area contributed by atoms with Crippen molar-refractivity contribution >= 4 is 12.1 Å². The summed E-state index contributed by atoms with van der Waals surface area (Å²) in [5.74, 6) is -3.11. The number of nitrogens with one attached hydrogen (secondary N) is 1. The van der Waals surface area contributed by atoms with Crippen molar-refractivity contribution in [2.45, 2.75) is 6.29 Å². The number of phenolic OH excluding ortho intramolecular Hbond substituents is 1. The summed E-state index contributed by atoms with van der Waals surface area (Å²) in [5, 5.41) is 13.7. The number of hydrogen-bond acceptors (Lipinski definition) is 5. The normalized spacial score (nSPS) is 14.1. The number of phenols is 1. The number of amides is 1. The van der Waals surface area contributed by atoms with Crippen molar-refractivity contribution in [1.82, 2.24) is 5.43 Å².